The van der Waals surface area contributed by atoms with Gasteiger partial charge in [0.25, 0.3) is 0 Å². The van der Waals surface area contributed by atoms with E-state index in [0.29, 0.717) is 5.69 Å². The standard InChI is InChI=1S/C17H15N3O2/c1-11-3-7-13(8-4-11)16-15(17(21)22)18-19-20(16)14-9-5-12(2)6-10-14/h3-10H,1-2H3,(H,21,22). The Morgan fingerprint density at radius 2 is 1.50 bits per heavy atom. The lowest BCUT2D eigenvalue weighted by atomic mass is 10.1. The fourth-order valence-corrected chi connectivity index (χ4v) is 2.26. The second kappa shape index (κ2) is 5.44. The van der Waals surface area contributed by atoms with Gasteiger partial charge in [-0.15, -0.1) is 5.10 Å². The van der Waals surface area contributed by atoms with Crippen LogP contribution in [0.3, 0.4) is 0 Å². The number of aromatic nitrogens is 3. The molecule has 1 N–H and O–H groups in total. The molecule has 0 fully saturated rings. The summed E-state index contributed by atoms with van der Waals surface area (Å²) in [6.45, 7) is 3.98. The van der Waals surface area contributed by atoms with Gasteiger partial charge in [0.1, 0.15) is 5.69 Å². The van der Waals surface area contributed by atoms with Crippen molar-refractivity contribution in [1.29, 1.82) is 0 Å². The predicted octanol–water partition coefficient (Wildman–Crippen LogP) is 3.25. The molecule has 0 amide bonds. The van der Waals surface area contributed by atoms with E-state index in [9.17, 15) is 9.90 Å². The number of rotatable bonds is 3. The highest BCUT2D eigenvalue weighted by molar-refractivity contribution is 5.93. The maximum atomic E-state index is 11.4. The minimum absolute atomic E-state index is 0.0515. The Hall–Kier alpha value is -2.95. The van der Waals surface area contributed by atoms with Crippen LogP contribution < -0.4 is 0 Å². The van der Waals surface area contributed by atoms with Gasteiger partial charge in [-0.1, -0.05) is 52.7 Å². The summed E-state index contributed by atoms with van der Waals surface area (Å²) in [5.41, 5.74) is 4.21. The molecule has 0 unspecified atom stereocenters. The number of carboxylic acid groups (broad SMARTS) is 1. The lowest BCUT2D eigenvalue weighted by Gasteiger charge is -2.08. The summed E-state index contributed by atoms with van der Waals surface area (Å²) < 4.78 is 1.56. The Labute approximate surface area is 127 Å². The van der Waals surface area contributed by atoms with Crippen molar-refractivity contribution in [3.8, 4) is 16.9 Å². The maximum Gasteiger partial charge on any atom is 0.358 e. The van der Waals surface area contributed by atoms with Crippen molar-refractivity contribution in [2.75, 3.05) is 0 Å². The normalized spacial score (nSPS) is 10.6. The number of carboxylic acids is 1. The van der Waals surface area contributed by atoms with Crippen molar-refractivity contribution in [2.45, 2.75) is 13.8 Å². The third-order valence-corrected chi connectivity index (χ3v) is 3.48. The Kier molecular flexibility index (Phi) is 3.47. The van der Waals surface area contributed by atoms with Crippen molar-refractivity contribution in [3.05, 3.63) is 65.4 Å². The average molecular weight is 293 g/mol. The van der Waals surface area contributed by atoms with Crippen LogP contribution in [0.5, 0.6) is 0 Å². The van der Waals surface area contributed by atoms with Crippen LogP contribution in [0.2, 0.25) is 0 Å². The van der Waals surface area contributed by atoms with E-state index in [1.807, 2.05) is 62.4 Å². The molecule has 0 bridgehead atoms. The van der Waals surface area contributed by atoms with Gasteiger partial charge in [0.05, 0.1) is 5.69 Å². The first-order chi connectivity index (χ1) is 10.6. The Bertz CT molecular complexity index is 818. The molecule has 0 atom stereocenters. The number of aryl methyl sites for hydroxylation is 2. The molecular formula is C17H15N3O2. The fourth-order valence-electron chi connectivity index (χ4n) is 2.26. The van der Waals surface area contributed by atoms with Gasteiger partial charge in [-0.3, -0.25) is 0 Å². The number of carbonyl (C=O) groups is 1. The zero-order chi connectivity index (χ0) is 15.7. The average Bonchev–Trinajstić information content (AvgIpc) is 2.94. The molecular weight excluding hydrogens is 278 g/mol. The minimum atomic E-state index is -1.09. The van der Waals surface area contributed by atoms with E-state index in [-0.39, 0.29) is 5.69 Å². The third-order valence-electron chi connectivity index (χ3n) is 3.48. The molecule has 0 spiro atoms. The predicted molar refractivity (Wildman–Crippen MR) is 83.2 cm³/mol. The van der Waals surface area contributed by atoms with E-state index in [4.69, 9.17) is 0 Å². The van der Waals surface area contributed by atoms with Gasteiger partial charge < -0.3 is 5.11 Å². The van der Waals surface area contributed by atoms with Crippen LogP contribution in [0, 0.1) is 13.8 Å². The van der Waals surface area contributed by atoms with Crippen LogP contribution in [0.15, 0.2) is 48.5 Å². The first kappa shape index (κ1) is 14.0. The van der Waals surface area contributed by atoms with Gasteiger partial charge in [-0.25, -0.2) is 9.48 Å². The number of aromatic carboxylic acids is 1. The quantitative estimate of drug-likeness (QED) is 0.805. The second-order valence-electron chi connectivity index (χ2n) is 5.21. The van der Waals surface area contributed by atoms with Crippen LogP contribution in [-0.2, 0) is 0 Å². The molecule has 0 saturated heterocycles. The Morgan fingerprint density at radius 3 is 2.05 bits per heavy atom. The van der Waals surface area contributed by atoms with Crippen molar-refractivity contribution in [1.82, 2.24) is 15.0 Å². The molecule has 1 heterocycles. The van der Waals surface area contributed by atoms with E-state index in [1.54, 1.807) is 4.68 Å². The lowest BCUT2D eigenvalue weighted by molar-refractivity contribution is 0.0691. The van der Waals surface area contributed by atoms with E-state index in [2.05, 4.69) is 10.3 Å². The molecule has 0 aliphatic heterocycles. The molecule has 0 aliphatic carbocycles. The van der Waals surface area contributed by atoms with Crippen molar-refractivity contribution in [3.63, 3.8) is 0 Å². The van der Waals surface area contributed by atoms with Crippen LogP contribution in [0.25, 0.3) is 16.9 Å². The van der Waals surface area contributed by atoms with Crippen molar-refractivity contribution < 1.29 is 9.90 Å². The Balaban J connectivity index is 2.21. The van der Waals surface area contributed by atoms with E-state index in [1.165, 1.54) is 0 Å². The molecule has 5 nitrogen and oxygen atoms in total. The van der Waals surface area contributed by atoms with E-state index in [0.717, 1.165) is 22.4 Å². The molecule has 22 heavy (non-hydrogen) atoms. The van der Waals surface area contributed by atoms with Crippen LogP contribution >= 0.6 is 0 Å². The zero-order valence-corrected chi connectivity index (χ0v) is 12.3. The monoisotopic (exact) mass is 293 g/mol. The van der Waals surface area contributed by atoms with Crippen LogP contribution in [0.4, 0.5) is 0 Å². The van der Waals surface area contributed by atoms with Crippen molar-refractivity contribution >= 4 is 5.97 Å². The smallest absolute Gasteiger partial charge is 0.358 e. The molecule has 1 aromatic heterocycles. The highest BCUT2D eigenvalue weighted by Crippen LogP contribution is 2.25. The molecule has 110 valence electrons. The van der Waals surface area contributed by atoms with Gasteiger partial charge in [-0.05, 0) is 26.0 Å². The molecule has 2 aromatic carbocycles. The summed E-state index contributed by atoms with van der Waals surface area (Å²) >= 11 is 0. The molecule has 5 heteroatoms. The summed E-state index contributed by atoms with van der Waals surface area (Å²) in [5.74, 6) is -1.09. The number of nitrogens with zero attached hydrogens (tertiary/aromatic N) is 3. The summed E-state index contributed by atoms with van der Waals surface area (Å²) in [4.78, 5) is 11.4. The van der Waals surface area contributed by atoms with Gasteiger partial charge >= 0.3 is 5.97 Å². The second-order valence-corrected chi connectivity index (χ2v) is 5.21. The molecule has 3 aromatic rings. The fraction of sp³-hybridized carbons (Fsp3) is 0.118. The minimum Gasteiger partial charge on any atom is -0.476 e. The first-order valence-corrected chi connectivity index (χ1v) is 6.89. The van der Waals surface area contributed by atoms with Gasteiger partial charge in [0.2, 0.25) is 0 Å². The highest BCUT2D eigenvalue weighted by Gasteiger charge is 2.21. The zero-order valence-electron chi connectivity index (χ0n) is 12.3. The summed E-state index contributed by atoms with van der Waals surface area (Å²) in [5, 5.41) is 17.2. The maximum absolute atomic E-state index is 11.4. The van der Waals surface area contributed by atoms with Crippen LogP contribution in [0.1, 0.15) is 21.6 Å². The summed E-state index contributed by atoms with van der Waals surface area (Å²) in [7, 11) is 0. The molecule has 0 saturated carbocycles. The number of benzene rings is 2. The summed E-state index contributed by atoms with van der Waals surface area (Å²) in [6, 6.07) is 15.3. The number of hydrogen-bond acceptors (Lipinski definition) is 3. The van der Waals surface area contributed by atoms with Crippen molar-refractivity contribution in [2.24, 2.45) is 0 Å². The van der Waals surface area contributed by atoms with Gasteiger partial charge in [0, 0.05) is 5.56 Å². The first-order valence-electron chi connectivity index (χ1n) is 6.89. The Morgan fingerprint density at radius 1 is 0.955 bits per heavy atom. The topological polar surface area (TPSA) is 68.0 Å². The molecule has 0 aliphatic rings. The number of hydrogen-bond donors (Lipinski definition) is 1. The lowest BCUT2D eigenvalue weighted by Crippen LogP contribution is -2.03. The van der Waals surface area contributed by atoms with E-state index >= 15 is 0 Å². The van der Waals surface area contributed by atoms with Gasteiger partial charge in [0.15, 0.2) is 5.69 Å². The van der Waals surface area contributed by atoms with Gasteiger partial charge in [-0.2, -0.15) is 0 Å². The summed E-state index contributed by atoms with van der Waals surface area (Å²) in [6.07, 6.45) is 0. The molecule has 0 radical (unpaired) electrons. The third kappa shape index (κ3) is 2.48. The van der Waals surface area contributed by atoms with Crippen LogP contribution in [-0.4, -0.2) is 26.1 Å². The molecule has 3 rings (SSSR count). The largest absolute Gasteiger partial charge is 0.476 e. The van der Waals surface area contributed by atoms with E-state index < -0.39 is 5.97 Å². The SMILES string of the molecule is Cc1ccc(-c2c(C(=O)O)nnn2-c2ccc(C)cc2)cc1. The highest BCUT2D eigenvalue weighted by atomic mass is 16.4.